The van der Waals surface area contributed by atoms with Crippen molar-refractivity contribution in [1.29, 1.82) is 5.26 Å². The average Bonchev–Trinajstić information content (AvgIpc) is 2.37. The molecular formula is C16H16N4O. The summed E-state index contributed by atoms with van der Waals surface area (Å²) in [6.07, 6.45) is 0. The van der Waals surface area contributed by atoms with Crippen LogP contribution in [0.5, 0.6) is 0 Å². The number of nitriles is 1. The molecule has 1 aromatic heterocycles. The van der Waals surface area contributed by atoms with Crippen molar-refractivity contribution in [3.05, 3.63) is 47.3 Å². The van der Waals surface area contributed by atoms with E-state index in [1.165, 1.54) is 6.92 Å². The van der Waals surface area contributed by atoms with Gasteiger partial charge in [-0.1, -0.05) is 6.07 Å². The Balaban J connectivity index is 2.34. The maximum absolute atomic E-state index is 11.1. The van der Waals surface area contributed by atoms with Crippen LogP contribution in [0.1, 0.15) is 23.9 Å². The van der Waals surface area contributed by atoms with E-state index in [4.69, 9.17) is 0 Å². The molecule has 1 heterocycles. The molecule has 0 aliphatic rings. The van der Waals surface area contributed by atoms with E-state index >= 15 is 0 Å². The van der Waals surface area contributed by atoms with Gasteiger partial charge in [0.2, 0.25) is 5.91 Å². The number of nitrogens with one attached hydrogen (secondary N) is 2. The van der Waals surface area contributed by atoms with Gasteiger partial charge in [0.05, 0.1) is 16.9 Å². The van der Waals surface area contributed by atoms with E-state index in [0.29, 0.717) is 22.6 Å². The second kappa shape index (κ2) is 6.06. The molecule has 0 saturated heterocycles. The molecule has 2 N–H and O–H groups in total. The van der Waals surface area contributed by atoms with Crippen molar-refractivity contribution < 1.29 is 4.79 Å². The molecule has 0 unspecified atom stereocenters. The Labute approximate surface area is 123 Å². The maximum atomic E-state index is 11.1. The molecule has 2 rings (SSSR count). The summed E-state index contributed by atoms with van der Waals surface area (Å²) < 4.78 is 0. The standard InChI is InChI=1S/C16H16N4O/c1-10-7-16(15(9-17)11(2)18-10)20-14-6-4-5-13(8-14)19-12(3)21/h4-8H,1-3H3,(H,18,20)(H,19,21). The highest BCUT2D eigenvalue weighted by molar-refractivity contribution is 5.89. The van der Waals surface area contributed by atoms with Crippen LogP contribution in [0, 0.1) is 25.2 Å². The third-order valence-electron chi connectivity index (χ3n) is 2.90. The normalized spacial score (nSPS) is 9.81. The van der Waals surface area contributed by atoms with Crippen molar-refractivity contribution in [2.45, 2.75) is 20.8 Å². The van der Waals surface area contributed by atoms with E-state index in [-0.39, 0.29) is 5.91 Å². The SMILES string of the molecule is CC(=O)Nc1cccc(Nc2cc(C)nc(C)c2C#N)c1. The van der Waals surface area contributed by atoms with E-state index in [1.807, 2.05) is 38.1 Å². The number of hydrogen-bond acceptors (Lipinski definition) is 4. The Morgan fingerprint density at radius 3 is 2.62 bits per heavy atom. The maximum Gasteiger partial charge on any atom is 0.221 e. The number of pyridine rings is 1. The van der Waals surface area contributed by atoms with Crippen LogP contribution in [0.2, 0.25) is 0 Å². The first-order valence-corrected chi connectivity index (χ1v) is 6.52. The molecule has 106 valence electrons. The molecule has 0 aliphatic heterocycles. The minimum Gasteiger partial charge on any atom is -0.354 e. The largest absolute Gasteiger partial charge is 0.354 e. The fourth-order valence-corrected chi connectivity index (χ4v) is 2.10. The summed E-state index contributed by atoms with van der Waals surface area (Å²) in [6.45, 7) is 5.15. The molecule has 0 atom stereocenters. The van der Waals surface area contributed by atoms with Crippen LogP contribution < -0.4 is 10.6 Å². The summed E-state index contributed by atoms with van der Waals surface area (Å²) in [5.41, 5.74) is 4.26. The monoisotopic (exact) mass is 280 g/mol. The number of benzene rings is 1. The van der Waals surface area contributed by atoms with Crippen LogP contribution in [-0.4, -0.2) is 10.9 Å². The number of aromatic nitrogens is 1. The van der Waals surface area contributed by atoms with E-state index in [1.54, 1.807) is 6.07 Å². The van der Waals surface area contributed by atoms with E-state index in [9.17, 15) is 10.1 Å². The van der Waals surface area contributed by atoms with Gasteiger partial charge >= 0.3 is 0 Å². The summed E-state index contributed by atoms with van der Waals surface area (Å²) in [4.78, 5) is 15.4. The van der Waals surface area contributed by atoms with Crippen LogP contribution in [0.3, 0.4) is 0 Å². The number of hydrogen-bond donors (Lipinski definition) is 2. The molecule has 0 radical (unpaired) electrons. The summed E-state index contributed by atoms with van der Waals surface area (Å²) >= 11 is 0. The minimum absolute atomic E-state index is 0.125. The number of nitrogens with zero attached hydrogens (tertiary/aromatic N) is 2. The lowest BCUT2D eigenvalue weighted by Crippen LogP contribution is -2.06. The predicted octanol–water partition coefficient (Wildman–Crippen LogP) is 3.27. The first kappa shape index (κ1) is 14.5. The quantitative estimate of drug-likeness (QED) is 0.904. The molecule has 1 amide bonds. The molecule has 21 heavy (non-hydrogen) atoms. The molecule has 2 aromatic rings. The Kier molecular flexibility index (Phi) is 4.19. The zero-order chi connectivity index (χ0) is 15.4. The second-order valence-corrected chi connectivity index (χ2v) is 4.77. The number of amides is 1. The van der Waals surface area contributed by atoms with Gasteiger partial charge in [-0.3, -0.25) is 9.78 Å². The van der Waals surface area contributed by atoms with Gasteiger partial charge in [0.25, 0.3) is 0 Å². The Morgan fingerprint density at radius 1 is 1.24 bits per heavy atom. The van der Waals surface area contributed by atoms with Gasteiger partial charge in [-0.2, -0.15) is 5.26 Å². The lowest BCUT2D eigenvalue weighted by molar-refractivity contribution is -0.114. The fourth-order valence-electron chi connectivity index (χ4n) is 2.10. The second-order valence-electron chi connectivity index (χ2n) is 4.77. The van der Waals surface area contributed by atoms with E-state index < -0.39 is 0 Å². The van der Waals surface area contributed by atoms with Crippen LogP contribution in [0.25, 0.3) is 0 Å². The minimum atomic E-state index is -0.125. The van der Waals surface area contributed by atoms with Crippen molar-refractivity contribution in [3.8, 4) is 6.07 Å². The lowest BCUT2D eigenvalue weighted by Gasteiger charge is -2.12. The molecule has 0 aliphatic carbocycles. The fraction of sp³-hybridized carbons (Fsp3) is 0.188. The van der Waals surface area contributed by atoms with Crippen molar-refractivity contribution in [3.63, 3.8) is 0 Å². The molecule has 1 aromatic carbocycles. The molecule has 0 spiro atoms. The smallest absolute Gasteiger partial charge is 0.221 e. The number of anilines is 3. The molecule has 0 bridgehead atoms. The van der Waals surface area contributed by atoms with Crippen molar-refractivity contribution >= 4 is 23.0 Å². The summed E-state index contributed by atoms with van der Waals surface area (Å²) in [5.74, 6) is -0.125. The van der Waals surface area contributed by atoms with Gasteiger partial charge in [-0.25, -0.2) is 0 Å². The van der Waals surface area contributed by atoms with Crippen LogP contribution in [0.4, 0.5) is 17.1 Å². The lowest BCUT2D eigenvalue weighted by atomic mass is 10.1. The summed E-state index contributed by atoms with van der Waals surface area (Å²) in [6, 6.07) is 11.3. The van der Waals surface area contributed by atoms with Gasteiger partial charge in [0.15, 0.2) is 0 Å². The predicted molar refractivity (Wildman–Crippen MR) is 82.5 cm³/mol. The van der Waals surface area contributed by atoms with Crippen LogP contribution in [-0.2, 0) is 4.79 Å². The third kappa shape index (κ3) is 3.57. The van der Waals surface area contributed by atoms with Crippen LogP contribution >= 0.6 is 0 Å². The zero-order valence-corrected chi connectivity index (χ0v) is 12.2. The third-order valence-corrected chi connectivity index (χ3v) is 2.90. The van der Waals surface area contributed by atoms with Gasteiger partial charge in [-0.15, -0.1) is 0 Å². The first-order chi connectivity index (χ1) is 9.99. The molecule has 5 nitrogen and oxygen atoms in total. The number of aryl methyl sites for hydroxylation is 2. The Morgan fingerprint density at radius 2 is 1.95 bits per heavy atom. The molecule has 5 heteroatoms. The van der Waals surface area contributed by atoms with Gasteiger partial charge < -0.3 is 10.6 Å². The van der Waals surface area contributed by atoms with Gasteiger partial charge in [0, 0.05) is 24.0 Å². The van der Waals surface area contributed by atoms with Crippen molar-refractivity contribution in [2.75, 3.05) is 10.6 Å². The van der Waals surface area contributed by atoms with Gasteiger partial charge in [-0.05, 0) is 38.1 Å². The Bertz CT molecular complexity index is 732. The number of rotatable bonds is 3. The van der Waals surface area contributed by atoms with E-state index in [0.717, 1.165) is 11.4 Å². The van der Waals surface area contributed by atoms with E-state index in [2.05, 4.69) is 21.7 Å². The van der Waals surface area contributed by atoms with Crippen molar-refractivity contribution in [2.24, 2.45) is 0 Å². The highest BCUT2D eigenvalue weighted by Crippen LogP contribution is 2.24. The molecule has 0 fully saturated rings. The summed E-state index contributed by atoms with van der Waals surface area (Å²) in [7, 11) is 0. The van der Waals surface area contributed by atoms with Gasteiger partial charge in [0.1, 0.15) is 6.07 Å². The summed E-state index contributed by atoms with van der Waals surface area (Å²) in [5, 5.41) is 15.2. The zero-order valence-electron chi connectivity index (χ0n) is 12.2. The first-order valence-electron chi connectivity index (χ1n) is 6.52. The Hall–Kier alpha value is -2.87. The van der Waals surface area contributed by atoms with Crippen LogP contribution in [0.15, 0.2) is 30.3 Å². The highest BCUT2D eigenvalue weighted by atomic mass is 16.1. The molecular weight excluding hydrogens is 264 g/mol. The number of carbonyl (C=O) groups excluding carboxylic acids is 1. The average molecular weight is 280 g/mol. The van der Waals surface area contributed by atoms with Crippen molar-refractivity contribution in [1.82, 2.24) is 4.98 Å². The number of carbonyl (C=O) groups is 1. The molecule has 0 saturated carbocycles. The topological polar surface area (TPSA) is 77.8 Å². The highest BCUT2D eigenvalue weighted by Gasteiger charge is 2.08.